The van der Waals surface area contributed by atoms with E-state index in [0.29, 0.717) is 251 Å². The van der Waals surface area contributed by atoms with Gasteiger partial charge in [-0.05, 0) is 0 Å². The third-order valence-corrected chi connectivity index (χ3v) is 7.22. The predicted molar refractivity (Wildman–Crippen MR) is 223 cm³/mol. The molecule has 0 aliphatic carbocycles. The first-order chi connectivity index (χ1) is 30.4. The molecule has 0 rings (SSSR count). The molecular weight excluding hydrogens is 812 g/mol. The van der Waals surface area contributed by atoms with Crippen LogP contribution in [0.15, 0.2) is 12.8 Å². The van der Waals surface area contributed by atoms with E-state index >= 15 is 0 Å². The molecule has 0 radical (unpaired) electrons. The Hall–Kier alpha value is -1.22. The molecule has 0 fully saturated rings. The van der Waals surface area contributed by atoms with Crippen LogP contribution in [0, 0.1) is 0 Å². The SMILES string of the molecule is C=COCCOCCOCCOCCOCCOCCOCCOCCOCCOCCOCCOCCOCCOCCOCCOCCOCCOCCOCCOC. The summed E-state index contributed by atoms with van der Waals surface area (Å²) >= 11 is 0. The van der Waals surface area contributed by atoms with Gasteiger partial charge in [0.15, 0.2) is 0 Å². The van der Waals surface area contributed by atoms with Gasteiger partial charge in [-0.3, -0.25) is 0 Å². The summed E-state index contributed by atoms with van der Waals surface area (Å²) in [5.74, 6) is 0. The quantitative estimate of drug-likeness (QED) is 0.0624. The van der Waals surface area contributed by atoms with Gasteiger partial charge in [0.1, 0.15) is 6.61 Å². The van der Waals surface area contributed by atoms with E-state index in [1.54, 1.807) is 7.11 Å². The molecule has 0 aliphatic heterocycles. The summed E-state index contributed by atoms with van der Waals surface area (Å²) in [6.45, 7) is 22.9. The van der Waals surface area contributed by atoms with E-state index in [0.717, 1.165) is 0 Å². The van der Waals surface area contributed by atoms with Crippen LogP contribution in [0.2, 0.25) is 0 Å². The monoisotopic (exact) mass is 895 g/mol. The van der Waals surface area contributed by atoms with Gasteiger partial charge in [-0.25, -0.2) is 0 Å². The predicted octanol–water partition coefficient (Wildman–Crippen LogP) is 1.09. The second kappa shape index (κ2) is 58.8. The minimum atomic E-state index is 0.494. The molecule has 20 nitrogen and oxygen atoms in total. The lowest BCUT2D eigenvalue weighted by Crippen LogP contribution is -2.16. The highest BCUT2D eigenvalue weighted by Gasteiger charge is 1.98. The van der Waals surface area contributed by atoms with Crippen molar-refractivity contribution in [2.24, 2.45) is 0 Å². The first-order valence-corrected chi connectivity index (χ1v) is 21.5. The standard InChI is InChI=1S/C41H82O20/c1-3-43-6-7-45-10-11-47-14-15-49-18-19-51-22-23-53-26-27-55-30-31-57-34-35-59-38-39-61-41-40-60-37-36-58-33-32-56-29-28-54-25-24-52-21-20-50-17-16-48-13-12-46-9-8-44-5-4-42-2/h3H,1,4-41H2,2H3. The van der Waals surface area contributed by atoms with E-state index in [9.17, 15) is 0 Å². The van der Waals surface area contributed by atoms with Gasteiger partial charge in [0, 0.05) is 7.11 Å². The summed E-state index contributed by atoms with van der Waals surface area (Å²) in [5, 5.41) is 0. The summed E-state index contributed by atoms with van der Waals surface area (Å²) in [6, 6.07) is 0. The van der Waals surface area contributed by atoms with Crippen molar-refractivity contribution < 1.29 is 94.7 Å². The molecular formula is C41H82O20. The molecule has 0 aliphatic rings. The minimum Gasteiger partial charge on any atom is -0.499 e. The highest BCUT2D eigenvalue weighted by Crippen LogP contribution is 1.89. The van der Waals surface area contributed by atoms with E-state index in [-0.39, 0.29) is 0 Å². The molecule has 0 unspecified atom stereocenters. The maximum atomic E-state index is 5.51. The first kappa shape index (κ1) is 59.8. The van der Waals surface area contributed by atoms with Crippen LogP contribution in [-0.2, 0) is 94.7 Å². The highest BCUT2D eigenvalue weighted by atomic mass is 16.6. The maximum Gasteiger partial charge on any atom is 0.111 e. The molecule has 0 aromatic carbocycles. The molecule has 0 spiro atoms. The molecule has 0 saturated heterocycles. The van der Waals surface area contributed by atoms with E-state index in [1.807, 2.05) is 0 Å². The Morgan fingerprint density at radius 2 is 0.311 bits per heavy atom. The molecule has 0 amide bonds. The van der Waals surface area contributed by atoms with E-state index in [1.165, 1.54) is 6.26 Å². The third-order valence-electron chi connectivity index (χ3n) is 7.22. The topological polar surface area (TPSA) is 185 Å². The Balaban J connectivity index is 3.06. The molecule has 366 valence electrons. The number of methoxy groups -OCH3 is 1. The fourth-order valence-corrected chi connectivity index (χ4v) is 4.17. The highest BCUT2D eigenvalue weighted by molar-refractivity contribution is 4.48. The van der Waals surface area contributed by atoms with Crippen LogP contribution in [0.25, 0.3) is 0 Å². The zero-order valence-corrected chi connectivity index (χ0v) is 37.3. The van der Waals surface area contributed by atoms with Crippen LogP contribution in [0.4, 0.5) is 0 Å². The second-order valence-electron chi connectivity index (χ2n) is 12.1. The minimum absolute atomic E-state index is 0.494. The lowest BCUT2D eigenvalue weighted by molar-refractivity contribution is -0.0312. The van der Waals surface area contributed by atoms with Crippen LogP contribution in [-0.4, -0.2) is 258 Å². The van der Waals surface area contributed by atoms with Gasteiger partial charge in [-0.15, -0.1) is 0 Å². The van der Waals surface area contributed by atoms with Crippen molar-refractivity contribution in [1.29, 1.82) is 0 Å². The van der Waals surface area contributed by atoms with Gasteiger partial charge in [0.25, 0.3) is 0 Å². The normalized spacial score (nSPS) is 11.6. The molecule has 61 heavy (non-hydrogen) atoms. The first-order valence-electron chi connectivity index (χ1n) is 21.5. The summed E-state index contributed by atoms with van der Waals surface area (Å²) < 4.78 is 108. The second-order valence-corrected chi connectivity index (χ2v) is 12.1. The molecule has 0 heterocycles. The van der Waals surface area contributed by atoms with E-state index in [4.69, 9.17) is 94.7 Å². The molecule has 0 bridgehead atoms. The van der Waals surface area contributed by atoms with Gasteiger partial charge in [0.2, 0.25) is 0 Å². The molecule has 20 heteroatoms. The van der Waals surface area contributed by atoms with Gasteiger partial charge in [0.05, 0.1) is 251 Å². The Labute approximate surface area is 365 Å². The van der Waals surface area contributed by atoms with E-state index in [2.05, 4.69) is 6.58 Å². The number of ether oxygens (including phenoxy) is 20. The van der Waals surface area contributed by atoms with Crippen molar-refractivity contribution in [3.63, 3.8) is 0 Å². The fraction of sp³-hybridized carbons (Fsp3) is 0.951. The zero-order valence-electron chi connectivity index (χ0n) is 37.3. The van der Waals surface area contributed by atoms with Gasteiger partial charge >= 0.3 is 0 Å². The van der Waals surface area contributed by atoms with Crippen LogP contribution in [0.1, 0.15) is 0 Å². The maximum absolute atomic E-state index is 5.51. The lowest BCUT2D eigenvalue weighted by atomic mass is 10.6. The van der Waals surface area contributed by atoms with Crippen LogP contribution in [0.3, 0.4) is 0 Å². The van der Waals surface area contributed by atoms with Crippen molar-refractivity contribution in [1.82, 2.24) is 0 Å². The van der Waals surface area contributed by atoms with Gasteiger partial charge in [-0.2, -0.15) is 0 Å². The average molecular weight is 895 g/mol. The molecule has 0 atom stereocenters. The van der Waals surface area contributed by atoms with Crippen molar-refractivity contribution >= 4 is 0 Å². The molecule has 0 aromatic rings. The molecule has 0 aromatic heterocycles. The Kier molecular flexibility index (Phi) is 57.6. The smallest absolute Gasteiger partial charge is 0.111 e. The Morgan fingerprint density at radius 3 is 0.426 bits per heavy atom. The van der Waals surface area contributed by atoms with Crippen molar-refractivity contribution in [2.45, 2.75) is 0 Å². The number of hydrogen-bond acceptors (Lipinski definition) is 20. The number of rotatable bonds is 58. The van der Waals surface area contributed by atoms with Crippen LogP contribution in [0.5, 0.6) is 0 Å². The average Bonchev–Trinajstić information content (AvgIpc) is 3.27. The van der Waals surface area contributed by atoms with Crippen molar-refractivity contribution in [3.8, 4) is 0 Å². The zero-order chi connectivity index (χ0) is 43.7. The fourth-order valence-electron chi connectivity index (χ4n) is 4.17. The largest absolute Gasteiger partial charge is 0.499 e. The van der Waals surface area contributed by atoms with E-state index < -0.39 is 0 Å². The molecule has 0 saturated carbocycles. The summed E-state index contributed by atoms with van der Waals surface area (Å²) in [5.41, 5.74) is 0. The van der Waals surface area contributed by atoms with Crippen LogP contribution < -0.4 is 0 Å². The van der Waals surface area contributed by atoms with Crippen molar-refractivity contribution in [2.75, 3.05) is 258 Å². The third kappa shape index (κ3) is 58.8. The summed E-state index contributed by atoms with van der Waals surface area (Å²) in [4.78, 5) is 0. The molecule has 0 N–H and O–H groups in total. The van der Waals surface area contributed by atoms with Crippen LogP contribution >= 0.6 is 0 Å². The number of hydrogen-bond donors (Lipinski definition) is 0. The van der Waals surface area contributed by atoms with Gasteiger partial charge in [-0.1, -0.05) is 6.58 Å². The Bertz CT molecular complexity index is 777. The summed E-state index contributed by atoms with van der Waals surface area (Å²) in [6.07, 6.45) is 1.39. The van der Waals surface area contributed by atoms with Crippen molar-refractivity contribution in [3.05, 3.63) is 12.8 Å². The van der Waals surface area contributed by atoms with Gasteiger partial charge < -0.3 is 94.7 Å². The summed E-state index contributed by atoms with van der Waals surface area (Å²) in [7, 11) is 1.64. The Morgan fingerprint density at radius 1 is 0.197 bits per heavy atom. The lowest BCUT2D eigenvalue weighted by Gasteiger charge is -2.09.